The number of hydrogen-bond acceptors (Lipinski definition) is 3. The van der Waals surface area contributed by atoms with Crippen molar-refractivity contribution in [2.45, 2.75) is 58.4 Å². The summed E-state index contributed by atoms with van der Waals surface area (Å²) in [6, 6.07) is 5.12. The third kappa shape index (κ3) is 4.51. The number of piperazine rings is 1. The fourth-order valence-electron chi connectivity index (χ4n) is 4.06. The first kappa shape index (κ1) is 16.8. The van der Waals surface area contributed by atoms with Crippen molar-refractivity contribution >= 4 is 17.2 Å². The number of rotatable bonds is 3. The molecule has 1 aromatic rings. The highest BCUT2D eigenvalue weighted by Gasteiger charge is 2.25. The first-order valence-electron chi connectivity index (χ1n) is 9.08. The van der Waals surface area contributed by atoms with Gasteiger partial charge < -0.3 is 4.90 Å². The van der Waals surface area contributed by atoms with Gasteiger partial charge in [0.25, 0.3) is 0 Å². The average molecular weight is 332 g/mol. The van der Waals surface area contributed by atoms with Crippen LogP contribution in [0.5, 0.6) is 0 Å². The topological polar surface area (TPSA) is 19.4 Å². The number of hydrogen-bond donors (Lipinski definition) is 0. The molecule has 3 rings (SSSR count). The van der Waals surface area contributed by atoms with Gasteiger partial charge in [-0.3, -0.25) is 9.88 Å². The highest BCUT2D eigenvalue weighted by Crippen LogP contribution is 2.23. The van der Waals surface area contributed by atoms with Crippen LogP contribution in [0.3, 0.4) is 0 Å². The number of pyridine rings is 1. The normalized spacial score (nSPS) is 20.7. The monoisotopic (exact) mass is 331 g/mol. The lowest BCUT2D eigenvalue weighted by molar-refractivity contribution is 0.107. The molecule has 0 unspecified atom stereocenters. The Hall–Kier alpha value is -1.00. The summed E-state index contributed by atoms with van der Waals surface area (Å²) in [6.07, 6.45) is 7.88. The Morgan fingerprint density at radius 1 is 1.09 bits per heavy atom. The average Bonchev–Trinajstić information content (AvgIpc) is 2.55. The second-order valence-corrected chi connectivity index (χ2v) is 7.63. The Labute approximate surface area is 146 Å². The van der Waals surface area contributed by atoms with Gasteiger partial charge in [-0.05, 0) is 44.4 Å². The lowest BCUT2D eigenvalue weighted by Crippen LogP contribution is -2.52. The predicted molar refractivity (Wildman–Crippen MR) is 100 cm³/mol. The second kappa shape index (κ2) is 7.71. The van der Waals surface area contributed by atoms with Crippen LogP contribution in [0.2, 0.25) is 0 Å². The van der Waals surface area contributed by atoms with Crippen LogP contribution in [0, 0.1) is 13.8 Å². The Bertz CT molecular complexity index is 523. The first-order valence-corrected chi connectivity index (χ1v) is 9.48. The summed E-state index contributed by atoms with van der Waals surface area (Å²) in [5.41, 5.74) is 3.48. The van der Waals surface area contributed by atoms with Gasteiger partial charge in [-0.15, -0.1) is 0 Å². The molecule has 2 fully saturated rings. The molecule has 0 aromatic carbocycles. The molecular formula is C19H29N3S. The van der Waals surface area contributed by atoms with E-state index in [4.69, 9.17) is 12.2 Å². The van der Waals surface area contributed by atoms with Gasteiger partial charge in [0.1, 0.15) is 0 Å². The van der Waals surface area contributed by atoms with Crippen LogP contribution in [-0.4, -0.2) is 52.0 Å². The van der Waals surface area contributed by atoms with Crippen molar-refractivity contribution in [1.29, 1.82) is 0 Å². The Morgan fingerprint density at radius 3 is 2.43 bits per heavy atom. The zero-order chi connectivity index (χ0) is 16.2. The third-order valence-corrected chi connectivity index (χ3v) is 5.64. The largest absolute Gasteiger partial charge is 0.363 e. The van der Waals surface area contributed by atoms with E-state index in [0.29, 0.717) is 0 Å². The molecule has 0 N–H and O–H groups in total. The molecule has 1 saturated heterocycles. The van der Waals surface area contributed by atoms with Gasteiger partial charge in [0.15, 0.2) is 0 Å². The maximum absolute atomic E-state index is 5.71. The first-order chi connectivity index (χ1) is 11.1. The fraction of sp³-hybridized carbons (Fsp3) is 0.684. The van der Waals surface area contributed by atoms with E-state index in [1.165, 1.54) is 50.8 Å². The van der Waals surface area contributed by atoms with Crippen LogP contribution in [0.15, 0.2) is 12.1 Å². The number of aryl methyl sites for hydroxylation is 2. The van der Waals surface area contributed by atoms with E-state index in [1.807, 2.05) is 0 Å². The van der Waals surface area contributed by atoms with Gasteiger partial charge in [-0.2, -0.15) is 0 Å². The fourth-order valence-corrected chi connectivity index (χ4v) is 4.40. The predicted octanol–water partition coefficient (Wildman–Crippen LogP) is 3.52. The van der Waals surface area contributed by atoms with E-state index < -0.39 is 0 Å². The highest BCUT2D eigenvalue weighted by atomic mass is 32.1. The van der Waals surface area contributed by atoms with Crippen molar-refractivity contribution in [1.82, 2.24) is 14.8 Å². The molecule has 23 heavy (non-hydrogen) atoms. The van der Waals surface area contributed by atoms with Gasteiger partial charge in [0.2, 0.25) is 0 Å². The number of nitrogens with zero attached hydrogens (tertiary/aromatic N) is 3. The zero-order valence-corrected chi connectivity index (χ0v) is 15.4. The summed E-state index contributed by atoms with van der Waals surface area (Å²) in [6.45, 7) is 8.70. The lowest BCUT2D eigenvalue weighted by Gasteiger charge is -2.41. The van der Waals surface area contributed by atoms with E-state index in [1.54, 1.807) is 0 Å². The minimum Gasteiger partial charge on any atom is -0.363 e. The molecule has 0 bridgehead atoms. The molecule has 2 heterocycles. The third-order valence-electron chi connectivity index (χ3n) is 5.24. The van der Waals surface area contributed by atoms with Crippen molar-refractivity contribution in [3.05, 3.63) is 29.1 Å². The minimum absolute atomic E-state index is 0.807. The number of aromatic nitrogens is 1. The molecule has 1 aromatic heterocycles. The summed E-state index contributed by atoms with van der Waals surface area (Å²) in [5.74, 6) is 0. The SMILES string of the molecule is Cc1cc(C)nc(CC(=S)N2CCN(C3CCCCC3)CC2)c1. The molecule has 0 spiro atoms. The molecule has 0 radical (unpaired) electrons. The van der Waals surface area contributed by atoms with Gasteiger partial charge in [0, 0.05) is 50.0 Å². The van der Waals surface area contributed by atoms with Crippen LogP contribution >= 0.6 is 12.2 Å². The maximum Gasteiger partial charge on any atom is 0.0840 e. The molecule has 4 heteroatoms. The summed E-state index contributed by atoms with van der Waals surface area (Å²) in [7, 11) is 0. The van der Waals surface area contributed by atoms with E-state index in [-0.39, 0.29) is 0 Å². The number of thiocarbonyl (C=S) groups is 1. The Morgan fingerprint density at radius 2 is 1.78 bits per heavy atom. The summed E-state index contributed by atoms with van der Waals surface area (Å²) in [5, 5.41) is 0. The smallest absolute Gasteiger partial charge is 0.0840 e. The van der Waals surface area contributed by atoms with E-state index in [9.17, 15) is 0 Å². The van der Waals surface area contributed by atoms with Gasteiger partial charge >= 0.3 is 0 Å². The van der Waals surface area contributed by atoms with Crippen LogP contribution in [-0.2, 0) is 6.42 Å². The molecule has 0 atom stereocenters. The van der Waals surface area contributed by atoms with Crippen molar-refractivity contribution < 1.29 is 0 Å². The van der Waals surface area contributed by atoms with Crippen LogP contribution < -0.4 is 0 Å². The van der Waals surface area contributed by atoms with E-state index >= 15 is 0 Å². The van der Waals surface area contributed by atoms with Gasteiger partial charge in [0.05, 0.1) is 4.99 Å². The molecule has 1 aliphatic heterocycles. The molecule has 126 valence electrons. The van der Waals surface area contributed by atoms with Crippen molar-refractivity contribution in [3.8, 4) is 0 Å². The summed E-state index contributed by atoms with van der Waals surface area (Å²) >= 11 is 5.71. The molecule has 2 aliphatic rings. The second-order valence-electron chi connectivity index (χ2n) is 7.16. The van der Waals surface area contributed by atoms with Gasteiger partial charge in [-0.25, -0.2) is 0 Å². The highest BCUT2D eigenvalue weighted by molar-refractivity contribution is 7.80. The lowest BCUT2D eigenvalue weighted by atomic mass is 9.94. The van der Waals surface area contributed by atoms with E-state index in [2.05, 4.69) is 40.8 Å². The maximum atomic E-state index is 5.71. The van der Waals surface area contributed by atoms with E-state index in [0.717, 1.165) is 41.9 Å². The van der Waals surface area contributed by atoms with Crippen LogP contribution in [0.25, 0.3) is 0 Å². The summed E-state index contributed by atoms with van der Waals surface area (Å²) < 4.78 is 0. The minimum atomic E-state index is 0.807. The zero-order valence-electron chi connectivity index (χ0n) is 14.6. The molecule has 1 aliphatic carbocycles. The Balaban J connectivity index is 1.51. The van der Waals surface area contributed by atoms with Crippen molar-refractivity contribution in [2.75, 3.05) is 26.2 Å². The molecule has 3 nitrogen and oxygen atoms in total. The van der Waals surface area contributed by atoms with Crippen LogP contribution in [0.1, 0.15) is 49.1 Å². The molecule has 1 saturated carbocycles. The van der Waals surface area contributed by atoms with Gasteiger partial charge in [-0.1, -0.05) is 31.5 Å². The van der Waals surface area contributed by atoms with Crippen LogP contribution in [0.4, 0.5) is 0 Å². The molecular weight excluding hydrogens is 302 g/mol. The standard InChI is InChI=1S/C19H29N3S/c1-15-12-16(2)20-17(13-15)14-19(23)22-10-8-21(9-11-22)18-6-4-3-5-7-18/h12-13,18H,3-11,14H2,1-2H3. The quantitative estimate of drug-likeness (QED) is 0.789. The van der Waals surface area contributed by atoms with Crippen molar-refractivity contribution in [2.24, 2.45) is 0 Å². The Kier molecular flexibility index (Phi) is 5.65. The van der Waals surface area contributed by atoms with Crippen molar-refractivity contribution in [3.63, 3.8) is 0 Å². The summed E-state index contributed by atoms with van der Waals surface area (Å²) in [4.78, 5) is 10.8. The molecule has 0 amide bonds.